The zero-order chi connectivity index (χ0) is 24.3. The molecule has 8 heteroatoms. The van der Waals surface area contributed by atoms with Crippen molar-refractivity contribution in [3.05, 3.63) is 93.4 Å². The van der Waals surface area contributed by atoms with Crippen molar-refractivity contribution < 1.29 is 19.4 Å². The first-order valence-electron chi connectivity index (χ1n) is 10.7. The van der Waals surface area contributed by atoms with Gasteiger partial charge in [-0.1, -0.05) is 47.5 Å². The van der Waals surface area contributed by atoms with Crippen LogP contribution < -0.4 is 4.74 Å². The van der Waals surface area contributed by atoms with Crippen molar-refractivity contribution >= 4 is 47.0 Å². The molecule has 0 aliphatic rings. The summed E-state index contributed by atoms with van der Waals surface area (Å²) in [7, 11) is 1.64. The number of hydrogen-bond acceptors (Lipinski definition) is 5. The number of aromatic nitrogens is 1. The molecule has 0 atom stereocenters. The van der Waals surface area contributed by atoms with Gasteiger partial charge in [-0.3, -0.25) is 4.98 Å². The summed E-state index contributed by atoms with van der Waals surface area (Å²) in [5.74, 6) is 0.113. The summed E-state index contributed by atoms with van der Waals surface area (Å²) in [4.78, 5) is 17.0. The van der Waals surface area contributed by atoms with Gasteiger partial charge in [0.2, 0.25) is 5.76 Å². The van der Waals surface area contributed by atoms with E-state index in [1.807, 2.05) is 36.4 Å². The highest BCUT2D eigenvalue weighted by Crippen LogP contribution is 2.35. The number of aryl methyl sites for hydroxylation is 1. The molecule has 1 N–H and O–H groups in total. The van der Waals surface area contributed by atoms with Crippen molar-refractivity contribution in [2.45, 2.75) is 29.9 Å². The number of hydrogen-bond donors (Lipinski definition) is 1. The first-order valence-corrected chi connectivity index (χ1v) is 12.4. The van der Waals surface area contributed by atoms with Crippen molar-refractivity contribution in [3.8, 4) is 5.75 Å². The molecule has 3 aromatic rings. The molecular formula is C26H25Cl2NO4S. The minimum absolute atomic E-state index is 0.129. The molecule has 0 aliphatic heterocycles. The second-order valence-corrected chi connectivity index (χ2v) is 9.16. The highest BCUT2D eigenvalue weighted by molar-refractivity contribution is 7.98. The average Bonchev–Trinajstić information content (AvgIpc) is 2.83. The minimum Gasteiger partial charge on any atom is -0.497 e. The fourth-order valence-electron chi connectivity index (χ4n) is 3.13. The Kier molecular flexibility index (Phi) is 10.1. The van der Waals surface area contributed by atoms with Crippen molar-refractivity contribution in [2.24, 2.45) is 0 Å². The lowest BCUT2D eigenvalue weighted by atomic mass is 10.1. The molecule has 5 nitrogen and oxygen atoms in total. The van der Waals surface area contributed by atoms with E-state index in [1.54, 1.807) is 31.4 Å². The third-order valence-corrected chi connectivity index (χ3v) is 6.90. The normalized spacial score (nSPS) is 11.3. The number of thioether (sulfide) groups is 1. The van der Waals surface area contributed by atoms with Gasteiger partial charge in [0.25, 0.3) is 0 Å². The van der Waals surface area contributed by atoms with Gasteiger partial charge in [0.05, 0.1) is 35.1 Å². The molecule has 1 aromatic heterocycles. The van der Waals surface area contributed by atoms with Crippen LogP contribution in [0.3, 0.4) is 0 Å². The molecule has 34 heavy (non-hydrogen) atoms. The molecule has 2 aromatic carbocycles. The first-order chi connectivity index (χ1) is 16.5. The number of unbranched alkanes of at least 4 members (excludes halogenated alkanes) is 1. The number of carbonyl (C=O) groups is 1. The molecule has 0 radical (unpaired) electrons. The van der Waals surface area contributed by atoms with Crippen LogP contribution in [-0.4, -0.2) is 29.8 Å². The number of halogens is 2. The molecule has 0 spiro atoms. The quantitative estimate of drug-likeness (QED) is 0.119. The zero-order valence-corrected chi connectivity index (χ0v) is 21.0. The van der Waals surface area contributed by atoms with Gasteiger partial charge in [0, 0.05) is 16.7 Å². The van der Waals surface area contributed by atoms with Crippen molar-refractivity contribution in [1.82, 2.24) is 4.98 Å². The molecule has 0 amide bonds. The number of carboxylic acid groups (broad SMARTS) is 1. The van der Waals surface area contributed by atoms with Crippen LogP contribution in [0.2, 0.25) is 10.0 Å². The molecule has 0 saturated carbocycles. The standard InChI is InChI=1S/C26H25Cl2NO4S/c1-32-21-13-11-18(12-14-21)6-2-3-15-33-24(26(30)31)16-19-7-4-8-20(29-19)17-34-25-22(27)9-5-10-23(25)28/h4-5,7-14,16H,2-3,6,15,17H2,1H3,(H,30,31)/b24-16+. The molecule has 0 bridgehead atoms. The Morgan fingerprint density at radius 1 is 1.03 bits per heavy atom. The Balaban J connectivity index is 1.53. The minimum atomic E-state index is -1.13. The van der Waals surface area contributed by atoms with E-state index in [4.69, 9.17) is 32.7 Å². The number of nitrogens with zero attached hydrogens (tertiary/aromatic N) is 1. The number of benzene rings is 2. The summed E-state index contributed by atoms with van der Waals surface area (Å²) < 4.78 is 10.7. The predicted molar refractivity (Wildman–Crippen MR) is 138 cm³/mol. The van der Waals surface area contributed by atoms with Gasteiger partial charge in [-0.05, 0) is 61.2 Å². The van der Waals surface area contributed by atoms with Crippen LogP contribution in [0.5, 0.6) is 5.75 Å². The Labute approximate surface area is 213 Å². The maximum atomic E-state index is 11.7. The van der Waals surface area contributed by atoms with Gasteiger partial charge < -0.3 is 14.6 Å². The molecule has 1 heterocycles. The maximum Gasteiger partial charge on any atom is 0.371 e. The number of methoxy groups -OCH3 is 1. The van der Waals surface area contributed by atoms with Gasteiger partial charge in [-0.25, -0.2) is 4.79 Å². The van der Waals surface area contributed by atoms with Gasteiger partial charge in [0.1, 0.15) is 5.75 Å². The second kappa shape index (κ2) is 13.3. The lowest BCUT2D eigenvalue weighted by Crippen LogP contribution is -2.07. The third kappa shape index (κ3) is 7.97. The molecule has 0 fully saturated rings. The summed E-state index contributed by atoms with van der Waals surface area (Å²) in [5.41, 5.74) is 2.49. The lowest BCUT2D eigenvalue weighted by Gasteiger charge is -2.08. The van der Waals surface area contributed by atoms with Crippen LogP contribution in [0.1, 0.15) is 29.8 Å². The highest BCUT2D eigenvalue weighted by atomic mass is 35.5. The van der Waals surface area contributed by atoms with Crippen molar-refractivity contribution in [2.75, 3.05) is 13.7 Å². The zero-order valence-electron chi connectivity index (χ0n) is 18.7. The third-order valence-electron chi connectivity index (χ3n) is 4.88. The monoisotopic (exact) mass is 517 g/mol. The van der Waals surface area contributed by atoms with E-state index < -0.39 is 5.97 Å². The van der Waals surface area contributed by atoms with Crippen molar-refractivity contribution in [1.29, 1.82) is 0 Å². The lowest BCUT2D eigenvalue weighted by molar-refractivity contribution is -0.136. The molecule has 3 rings (SSSR count). The van der Waals surface area contributed by atoms with Crippen LogP contribution in [0, 0.1) is 0 Å². The summed E-state index contributed by atoms with van der Waals surface area (Å²) in [6.45, 7) is 0.314. The molecule has 0 saturated heterocycles. The van der Waals surface area contributed by atoms with E-state index in [1.165, 1.54) is 23.4 Å². The summed E-state index contributed by atoms with van der Waals surface area (Å²) in [6, 6.07) is 18.7. The SMILES string of the molecule is COc1ccc(CCCCO/C(=C/c2cccc(CSc3c(Cl)cccc3Cl)n2)C(=O)O)cc1. The number of aliphatic carboxylic acids is 1. The van der Waals surface area contributed by atoms with E-state index in [0.717, 1.165) is 35.6 Å². The Morgan fingerprint density at radius 2 is 1.74 bits per heavy atom. The highest BCUT2D eigenvalue weighted by Gasteiger charge is 2.11. The van der Waals surface area contributed by atoms with E-state index in [2.05, 4.69) is 4.98 Å². The van der Waals surface area contributed by atoms with Gasteiger partial charge in [0.15, 0.2) is 0 Å². The molecule has 0 unspecified atom stereocenters. The van der Waals surface area contributed by atoms with E-state index >= 15 is 0 Å². The Morgan fingerprint density at radius 3 is 2.41 bits per heavy atom. The van der Waals surface area contributed by atoms with Crippen LogP contribution >= 0.6 is 35.0 Å². The topological polar surface area (TPSA) is 68.7 Å². The number of carboxylic acids is 1. The fourth-order valence-corrected chi connectivity index (χ4v) is 4.72. The Hall–Kier alpha value is -2.67. The van der Waals surface area contributed by atoms with Gasteiger partial charge in [-0.2, -0.15) is 0 Å². The number of ether oxygens (including phenoxy) is 2. The Bertz CT molecular complexity index is 1120. The summed E-state index contributed by atoms with van der Waals surface area (Å²) in [5, 5.41) is 10.7. The van der Waals surface area contributed by atoms with Crippen LogP contribution in [0.4, 0.5) is 0 Å². The smallest absolute Gasteiger partial charge is 0.371 e. The first kappa shape index (κ1) is 25.9. The van der Waals surface area contributed by atoms with Crippen LogP contribution in [-0.2, 0) is 21.7 Å². The van der Waals surface area contributed by atoms with Gasteiger partial charge in [-0.15, -0.1) is 11.8 Å². The summed E-state index contributed by atoms with van der Waals surface area (Å²) in [6.07, 6.45) is 3.95. The molecule has 178 valence electrons. The molecule has 0 aliphatic carbocycles. The molecular weight excluding hydrogens is 493 g/mol. The average molecular weight is 518 g/mol. The van der Waals surface area contributed by atoms with Crippen molar-refractivity contribution in [3.63, 3.8) is 0 Å². The number of rotatable bonds is 12. The van der Waals surface area contributed by atoms with E-state index in [0.29, 0.717) is 28.1 Å². The van der Waals surface area contributed by atoms with Gasteiger partial charge >= 0.3 is 5.97 Å². The van der Waals surface area contributed by atoms with Crippen LogP contribution in [0.25, 0.3) is 6.08 Å². The predicted octanol–water partition coefficient (Wildman–Crippen LogP) is 7.15. The maximum absolute atomic E-state index is 11.7. The fraction of sp³-hybridized carbons (Fsp3) is 0.231. The van der Waals surface area contributed by atoms with E-state index in [9.17, 15) is 9.90 Å². The number of pyridine rings is 1. The largest absolute Gasteiger partial charge is 0.497 e. The van der Waals surface area contributed by atoms with Crippen LogP contribution in [0.15, 0.2) is 71.3 Å². The van der Waals surface area contributed by atoms with E-state index in [-0.39, 0.29) is 5.76 Å². The summed E-state index contributed by atoms with van der Waals surface area (Å²) >= 11 is 13.9. The second-order valence-electron chi connectivity index (χ2n) is 7.36.